The second-order valence-corrected chi connectivity index (χ2v) is 2.01. The van der Waals surface area contributed by atoms with Crippen molar-refractivity contribution in [3.63, 3.8) is 0 Å². The van der Waals surface area contributed by atoms with Crippen molar-refractivity contribution < 1.29 is 0 Å². The van der Waals surface area contributed by atoms with E-state index in [4.69, 9.17) is 0 Å². The van der Waals surface area contributed by atoms with Crippen LogP contribution < -0.4 is 0 Å². The Labute approximate surface area is 57.5 Å². The third-order valence-corrected chi connectivity index (χ3v) is 1.17. The first kappa shape index (κ1) is 8.41. The van der Waals surface area contributed by atoms with Gasteiger partial charge in [0, 0.05) is 6.54 Å². The Kier molecular flexibility index (Phi) is 6.92. The fourth-order valence-corrected chi connectivity index (χ4v) is 0.652. The van der Waals surface area contributed by atoms with Crippen LogP contribution in [-0.2, 0) is 0 Å². The van der Waals surface area contributed by atoms with Gasteiger partial charge in [-0.3, -0.25) is 0 Å². The van der Waals surface area contributed by atoms with Gasteiger partial charge in [0.25, 0.3) is 0 Å². The van der Waals surface area contributed by atoms with E-state index in [1.165, 1.54) is 19.3 Å². The summed E-state index contributed by atoms with van der Waals surface area (Å²) in [6, 6.07) is 0. The maximum absolute atomic E-state index is 3.76. The number of aliphatic imine (C=N–C) groups is 1. The van der Waals surface area contributed by atoms with Crippen LogP contribution in [0.5, 0.6) is 0 Å². The average molecular weight is 125 g/mol. The van der Waals surface area contributed by atoms with E-state index in [0.29, 0.717) is 0 Å². The number of rotatable bonds is 5. The Balaban J connectivity index is 2.82. The maximum Gasteiger partial charge on any atom is 0.0382 e. The van der Waals surface area contributed by atoms with Crippen LogP contribution in [0.2, 0.25) is 0 Å². The van der Waals surface area contributed by atoms with Crippen LogP contribution in [0.3, 0.4) is 0 Å². The van der Waals surface area contributed by atoms with Gasteiger partial charge in [0.2, 0.25) is 0 Å². The fourth-order valence-electron chi connectivity index (χ4n) is 0.652. The predicted molar refractivity (Wildman–Crippen MR) is 43.1 cm³/mol. The Hall–Kier alpha value is -0.590. The zero-order chi connectivity index (χ0) is 6.95. The molecule has 0 radical (unpaired) electrons. The Bertz CT molecular complexity index is 84.6. The molecule has 0 bridgehead atoms. The van der Waals surface area contributed by atoms with Gasteiger partial charge in [-0.1, -0.05) is 12.2 Å². The molecular formula is C8H15N. The van der Waals surface area contributed by atoms with Crippen molar-refractivity contribution in [3.05, 3.63) is 12.2 Å². The van der Waals surface area contributed by atoms with Crippen molar-refractivity contribution in [3.8, 4) is 0 Å². The molecule has 0 fully saturated rings. The molecular weight excluding hydrogens is 110 g/mol. The minimum atomic E-state index is 0.914. The molecule has 0 amide bonds. The number of nitrogens with zero attached hydrogens (tertiary/aromatic N) is 1. The first-order chi connectivity index (χ1) is 4.41. The topological polar surface area (TPSA) is 12.4 Å². The van der Waals surface area contributed by atoms with Crippen LogP contribution in [-0.4, -0.2) is 13.3 Å². The summed E-state index contributed by atoms with van der Waals surface area (Å²) in [5.41, 5.74) is 0. The summed E-state index contributed by atoms with van der Waals surface area (Å²) in [4.78, 5) is 3.76. The molecule has 52 valence electrons. The van der Waals surface area contributed by atoms with E-state index in [1.54, 1.807) is 0 Å². The van der Waals surface area contributed by atoms with Crippen molar-refractivity contribution in [1.29, 1.82) is 0 Å². The summed E-state index contributed by atoms with van der Waals surface area (Å²) in [7, 11) is 0. The third-order valence-electron chi connectivity index (χ3n) is 1.17. The van der Waals surface area contributed by atoms with Crippen molar-refractivity contribution >= 4 is 6.72 Å². The largest absolute Gasteiger partial charge is 0.301 e. The molecule has 0 N–H and O–H groups in total. The lowest BCUT2D eigenvalue weighted by molar-refractivity contribution is 0.761. The molecule has 0 aliphatic rings. The van der Waals surface area contributed by atoms with Gasteiger partial charge in [-0.2, -0.15) is 0 Å². The van der Waals surface area contributed by atoms with E-state index in [9.17, 15) is 0 Å². The van der Waals surface area contributed by atoms with Crippen LogP contribution in [0.25, 0.3) is 0 Å². The van der Waals surface area contributed by atoms with Crippen LogP contribution in [0.4, 0.5) is 0 Å². The monoisotopic (exact) mass is 125 g/mol. The quantitative estimate of drug-likeness (QED) is 0.304. The first-order valence-corrected chi connectivity index (χ1v) is 3.45. The van der Waals surface area contributed by atoms with E-state index in [1.807, 2.05) is 6.92 Å². The van der Waals surface area contributed by atoms with E-state index < -0.39 is 0 Å². The smallest absolute Gasteiger partial charge is 0.0382 e. The van der Waals surface area contributed by atoms with Crippen molar-refractivity contribution in [2.45, 2.75) is 26.2 Å². The molecule has 0 saturated carbocycles. The van der Waals surface area contributed by atoms with Crippen LogP contribution in [0.1, 0.15) is 26.2 Å². The maximum atomic E-state index is 3.76. The molecule has 0 aliphatic carbocycles. The Morgan fingerprint density at radius 2 is 2.22 bits per heavy atom. The lowest BCUT2D eigenvalue weighted by Crippen LogP contribution is -1.78. The van der Waals surface area contributed by atoms with Gasteiger partial charge in [0.05, 0.1) is 0 Å². The summed E-state index contributed by atoms with van der Waals surface area (Å²) in [6.45, 7) is 6.37. The molecule has 0 spiro atoms. The van der Waals surface area contributed by atoms with Crippen molar-refractivity contribution in [2.24, 2.45) is 4.99 Å². The van der Waals surface area contributed by atoms with Gasteiger partial charge in [0.15, 0.2) is 0 Å². The fraction of sp³-hybridized carbons (Fsp3) is 0.625. The highest BCUT2D eigenvalue weighted by atomic mass is 14.7. The highest BCUT2D eigenvalue weighted by Gasteiger charge is 1.80. The van der Waals surface area contributed by atoms with Crippen LogP contribution in [0.15, 0.2) is 17.1 Å². The number of hydrogen-bond acceptors (Lipinski definition) is 1. The summed E-state index contributed by atoms with van der Waals surface area (Å²) < 4.78 is 0. The zero-order valence-electron chi connectivity index (χ0n) is 6.14. The molecule has 0 heterocycles. The lowest BCUT2D eigenvalue weighted by Gasteiger charge is -1.90. The van der Waals surface area contributed by atoms with E-state index >= 15 is 0 Å². The van der Waals surface area contributed by atoms with Crippen molar-refractivity contribution in [2.75, 3.05) is 6.54 Å². The molecule has 0 aromatic heterocycles. The van der Waals surface area contributed by atoms with Gasteiger partial charge in [-0.05, 0) is 32.9 Å². The molecule has 0 aromatic carbocycles. The highest BCUT2D eigenvalue weighted by molar-refractivity contribution is 5.22. The van der Waals surface area contributed by atoms with Gasteiger partial charge >= 0.3 is 0 Å². The normalized spacial score (nSPS) is 10.3. The molecule has 0 unspecified atom stereocenters. The molecule has 0 aliphatic heterocycles. The van der Waals surface area contributed by atoms with Gasteiger partial charge in [-0.25, -0.2) is 0 Å². The Morgan fingerprint density at radius 1 is 1.44 bits per heavy atom. The minimum absolute atomic E-state index is 0.914. The van der Waals surface area contributed by atoms with E-state index in [0.717, 1.165) is 6.54 Å². The number of allylic oxidation sites excluding steroid dienone is 2. The summed E-state index contributed by atoms with van der Waals surface area (Å²) in [5.74, 6) is 0. The molecule has 9 heavy (non-hydrogen) atoms. The molecule has 0 atom stereocenters. The molecule has 0 saturated heterocycles. The van der Waals surface area contributed by atoms with Gasteiger partial charge in [0.1, 0.15) is 0 Å². The van der Waals surface area contributed by atoms with Gasteiger partial charge in [-0.15, -0.1) is 0 Å². The second kappa shape index (κ2) is 7.41. The molecule has 0 aromatic rings. The number of unbranched alkanes of at least 4 members (excludes halogenated alkanes) is 2. The standard InChI is InChI=1S/C8H15N/c1-3-4-5-6-7-8-9-2/h3-4H,2,5-8H2,1H3/b4-3+. The summed E-state index contributed by atoms with van der Waals surface area (Å²) in [6.07, 6.45) is 7.87. The van der Waals surface area contributed by atoms with Crippen LogP contribution >= 0.6 is 0 Å². The molecule has 1 heteroatoms. The highest BCUT2D eigenvalue weighted by Crippen LogP contribution is 1.95. The summed E-state index contributed by atoms with van der Waals surface area (Å²) >= 11 is 0. The minimum Gasteiger partial charge on any atom is -0.301 e. The lowest BCUT2D eigenvalue weighted by atomic mass is 10.2. The third kappa shape index (κ3) is 7.41. The van der Waals surface area contributed by atoms with E-state index in [-0.39, 0.29) is 0 Å². The Morgan fingerprint density at radius 3 is 2.78 bits per heavy atom. The van der Waals surface area contributed by atoms with Gasteiger partial charge < -0.3 is 4.99 Å². The van der Waals surface area contributed by atoms with Crippen molar-refractivity contribution in [1.82, 2.24) is 0 Å². The van der Waals surface area contributed by atoms with E-state index in [2.05, 4.69) is 23.9 Å². The predicted octanol–water partition coefficient (Wildman–Crippen LogP) is 2.43. The summed E-state index contributed by atoms with van der Waals surface area (Å²) in [5, 5.41) is 0. The first-order valence-electron chi connectivity index (χ1n) is 3.45. The van der Waals surface area contributed by atoms with Crippen LogP contribution in [0, 0.1) is 0 Å². The number of hydrogen-bond donors (Lipinski definition) is 0. The second-order valence-electron chi connectivity index (χ2n) is 2.01. The molecule has 1 nitrogen and oxygen atoms in total. The average Bonchev–Trinajstić information content (AvgIpc) is 1.89. The molecule has 0 rings (SSSR count). The SMILES string of the molecule is C=NCCCC/C=C/C. The zero-order valence-corrected chi connectivity index (χ0v) is 6.14.